The number of ether oxygens (including phenoxy) is 2. The Morgan fingerprint density at radius 1 is 1.07 bits per heavy atom. The molecule has 1 aromatic carbocycles. The van der Waals surface area contributed by atoms with Crippen molar-refractivity contribution in [3.63, 3.8) is 0 Å². The minimum Gasteiger partial charge on any atom is -0.486 e. The first-order chi connectivity index (χ1) is 14.3. The third-order valence-corrected chi connectivity index (χ3v) is 5.67. The van der Waals surface area contributed by atoms with Crippen LogP contribution in [0.15, 0.2) is 63.0 Å². The highest BCUT2D eigenvalue weighted by Crippen LogP contribution is 2.36. The smallest absolute Gasteiger partial charge is 0.202 e. The van der Waals surface area contributed by atoms with Crippen LogP contribution < -0.4 is 9.47 Å². The normalized spacial score (nSPS) is 13.0. The van der Waals surface area contributed by atoms with Crippen LogP contribution in [0.1, 0.15) is 12.6 Å². The van der Waals surface area contributed by atoms with E-state index in [0.717, 1.165) is 40.2 Å². The van der Waals surface area contributed by atoms with Crippen LogP contribution in [0.2, 0.25) is 0 Å². The molecule has 8 heteroatoms. The van der Waals surface area contributed by atoms with E-state index in [2.05, 4.69) is 21.6 Å². The van der Waals surface area contributed by atoms with E-state index in [4.69, 9.17) is 18.4 Å². The molecule has 0 saturated heterocycles. The van der Waals surface area contributed by atoms with E-state index < -0.39 is 0 Å². The van der Waals surface area contributed by atoms with Gasteiger partial charge >= 0.3 is 0 Å². The number of benzene rings is 1. The number of thioether (sulfide) groups is 1. The number of hydrogen-bond donors (Lipinski definition) is 0. The molecule has 1 aliphatic rings. The average molecular weight is 409 g/mol. The van der Waals surface area contributed by atoms with Gasteiger partial charge in [0.05, 0.1) is 23.8 Å². The van der Waals surface area contributed by atoms with Crippen molar-refractivity contribution < 1.29 is 18.4 Å². The van der Waals surface area contributed by atoms with E-state index in [0.29, 0.717) is 30.5 Å². The lowest BCUT2D eigenvalue weighted by Crippen LogP contribution is -2.15. The first kappa shape index (κ1) is 17.9. The van der Waals surface area contributed by atoms with Crippen molar-refractivity contribution in [1.29, 1.82) is 0 Å². The van der Waals surface area contributed by atoms with Gasteiger partial charge in [0.15, 0.2) is 22.4 Å². The zero-order valence-electron chi connectivity index (χ0n) is 15.8. The molecule has 0 unspecified atom stereocenters. The van der Waals surface area contributed by atoms with Gasteiger partial charge in [0.1, 0.15) is 13.2 Å². The molecule has 1 aliphatic heterocycles. The van der Waals surface area contributed by atoms with Crippen LogP contribution in [-0.4, -0.2) is 27.9 Å². The molecule has 0 aliphatic carbocycles. The maximum atomic E-state index is 5.72. The van der Waals surface area contributed by atoms with Crippen molar-refractivity contribution in [2.24, 2.45) is 0 Å². The Hall–Kier alpha value is -3.13. The highest BCUT2D eigenvalue weighted by Gasteiger charge is 2.17. The SMILES string of the molecule is CCn1c(-c2ccc3c(c2)OCCO3)cnc1SCc1cc(-c2ccco2)on1. The van der Waals surface area contributed by atoms with Crippen molar-refractivity contribution in [3.05, 3.63) is 54.6 Å². The van der Waals surface area contributed by atoms with Gasteiger partial charge in [0.2, 0.25) is 5.76 Å². The molecule has 148 valence electrons. The lowest BCUT2D eigenvalue weighted by molar-refractivity contribution is 0.171. The largest absolute Gasteiger partial charge is 0.486 e. The van der Waals surface area contributed by atoms with E-state index in [9.17, 15) is 0 Å². The summed E-state index contributed by atoms with van der Waals surface area (Å²) >= 11 is 1.62. The third-order valence-electron chi connectivity index (χ3n) is 4.65. The van der Waals surface area contributed by atoms with Crippen LogP contribution >= 0.6 is 11.8 Å². The van der Waals surface area contributed by atoms with E-state index in [1.807, 2.05) is 42.6 Å². The lowest BCUT2D eigenvalue weighted by atomic mass is 10.1. The molecule has 0 N–H and O–H groups in total. The van der Waals surface area contributed by atoms with Crippen LogP contribution in [0.3, 0.4) is 0 Å². The van der Waals surface area contributed by atoms with Gasteiger partial charge in [-0.25, -0.2) is 4.98 Å². The molecule has 0 radical (unpaired) electrons. The Morgan fingerprint density at radius 2 is 1.97 bits per heavy atom. The summed E-state index contributed by atoms with van der Waals surface area (Å²) in [6, 6.07) is 11.6. The molecule has 0 saturated carbocycles. The van der Waals surface area contributed by atoms with Crippen LogP contribution in [0.5, 0.6) is 11.5 Å². The summed E-state index contributed by atoms with van der Waals surface area (Å²) in [5.74, 6) is 3.52. The first-order valence-corrected chi connectivity index (χ1v) is 10.4. The molecular formula is C21H19N3O4S. The fourth-order valence-corrected chi connectivity index (χ4v) is 4.19. The van der Waals surface area contributed by atoms with Gasteiger partial charge in [-0.05, 0) is 37.3 Å². The fourth-order valence-electron chi connectivity index (χ4n) is 3.27. The second kappa shape index (κ2) is 7.71. The van der Waals surface area contributed by atoms with E-state index >= 15 is 0 Å². The van der Waals surface area contributed by atoms with Crippen LogP contribution in [0.4, 0.5) is 0 Å². The topological polar surface area (TPSA) is 75.5 Å². The monoisotopic (exact) mass is 409 g/mol. The fraction of sp³-hybridized carbons (Fsp3) is 0.238. The maximum absolute atomic E-state index is 5.72. The van der Waals surface area contributed by atoms with Gasteiger partial charge in [0, 0.05) is 23.9 Å². The molecule has 5 rings (SSSR count). The molecule has 4 aromatic rings. The Labute approximate surface area is 171 Å². The summed E-state index contributed by atoms with van der Waals surface area (Å²) in [5.41, 5.74) is 2.94. The second-order valence-corrected chi connectivity index (χ2v) is 7.42. The van der Waals surface area contributed by atoms with Gasteiger partial charge in [-0.15, -0.1) is 0 Å². The molecule has 4 heterocycles. The van der Waals surface area contributed by atoms with Crippen LogP contribution in [0, 0.1) is 0 Å². The summed E-state index contributed by atoms with van der Waals surface area (Å²) in [6.07, 6.45) is 3.51. The van der Waals surface area contributed by atoms with Crippen LogP contribution in [-0.2, 0) is 12.3 Å². The summed E-state index contributed by atoms with van der Waals surface area (Å²) in [4.78, 5) is 4.62. The minimum atomic E-state index is 0.572. The third kappa shape index (κ3) is 3.51. The van der Waals surface area contributed by atoms with Gasteiger partial charge < -0.3 is 23.0 Å². The number of hydrogen-bond acceptors (Lipinski definition) is 7. The Kier molecular flexibility index (Phi) is 4.77. The highest BCUT2D eigenvalue weighted by atomic mass is 32.2. The number of nitrogens with zero attached hydrogens (tertiary/aromatic N) is 3. The Morgan fingerprint density at radius 3 is 2.79 bits per heavy atom. The van der Waals surface area contributed by atoms with Gasteiger partial charge in [-0.1, -0.05) is 16.9 Å². The first-order valence-electron chi connectivity index (χ1n) is 9.39. The van der Waals surface area contributed by atoms with Crippen molar-refractivity contribution in [1.82, 2.24) is 14.7 Å². The number of furan rings is 1. The van der Waals surface area contributed by atoms with Gasteiger partial charge in [0.25, 0.3) is 0 Å². The van der Waals surface area contributed by atoms with Gasteiger partial charge in [-0.3, -0.25) is 0 Å². The highest BCUT2D eigenvalue weighted by molar-refractivity contribution is 7.98. The van der Waals surface area contributed by atoms with Crippen molar-refractivity contribution in [2.75, 3.05) is 13.2 Å². The van der Waals surface area contributed by atoms with Crippen LogP contribution in [0.25, 0.3) is 22.8 Å². The lowest BCUT2D eigenvalue weighted by Gasteiger charge is -2.19. The Balaban J connectivity index is 1.35. The molecule has 7 nitrogen and oxygen atoms in total. The molecule has 29 heavy (non-hydrogen) atoms. The number of fused-ring (bicyclic) bond motifs is 1. The van der Waals surface area contributed by atoms with E-state index in [1.54, 1.807) is 18.0 Å². The van der Waals surface area contributed by atoms with E-state index in [1.165, 1.54) is 0 Å². The maximum Gasteiger partial charge on any atom is 0.202 e. The number of rotatable bonds is 6. The standard InChI is InChI=1S/C21H19N3O4S/c1-2-24-16(14-5-6-18-19(10-14)27-9-8-26-18)12-22-21(24)29-13-15-11-20(28-23-15)17-4-3-7-25-17/h3-7,10-12H,2,8-9,13H2,1H3. The molecule has 3 aromatic heterocycles. The Bertz CT molecular complexity index is 1120. The van der Waals surface area contributed by atoms with Gasteiger partial charge in [-0.2, -0.15) is 0 Å². The molecule has 0 amide bonds. The summed E-state index contributed by atoms with van der Waals surface area (Å²) < 4.78 is 24.2. The zero-order valence-corrected chi connectivity index (χ0v) is 16.6. The van der Waals surface area contributed by atoms with E-state index in [-0.39, 0.29) is 0 Å². The quantitative estimate of drug-likeness (QED) is 0.420. The summed E-state index contributed by atoms with van der Waals surface area (Å²) in [6.45, 7) is 4.08. The molecule has 0 fully saturated rings. The predicted octanol–water partition coefficient (Wildman–Crippen LogP) is 4.88. The van der Waals surface area contributed by atoms with Crippen molar-refractivity contribution >= 4 is 11.8 Å². The van der Waals surface area contributed by atoms with Crippen molar-refractivity contribution in [2.45, 2.75) is 24.4 Å². The van der Waals surface area contributed by atoms with Crippen molar-refractivity contribution in [3.8, 4) is 34.3 Å². The summed E-state index contributed by atoms with van der Waals surface area (Å²) in [7, 11) is 0. The summed E-state index contributed by atoms with van der Waals surface area (Å²) in [5, 5.41) is 5.06. The number of aromatic nitrogens is 3. The second-order valence-electron chi connectivity index (χ2n) is 6.48. The predicted molar refractivity (Wildman–Crippen MR) is 108 cm³/mol. The zero-order chi connectivity index (χ0) is 19.6. The molecular weight excluding hydrogens is 390 g/mol. The molecule has 0 spiro atoms. The minimum absolute atomic E-state index is 0.572. The average Bonchev–Trinajstić information content (AvgIpc) is 3.52. The molecule has 0 atom stereocenters. The number of imidazole rings is 1. The molecule has 0 bridgehead atoms.